The molecule has 1 saturated carbocycles. The zero-order valence-corrected chi connectivity index (χ0v) is 11.1. The molecule has 1 aliphatic rings. The van der Waals surface area contributed by atoms with Gasteiger partial charge in [-0.25, -0.2) is 4.98 Å². The Bertz CT molecular complexity index is 727. The number of aliphatic carboxylic acids is 1. The van der Waals surface area contributed by atoms with E-state index in [1.165, 1.54) is 12.3 Å². The van der Waals surface area contributed by atoms with Gasteiger partial charge in [-0.05, 0) is 31.0 Å². The lowest BCUT2D eigenvalue weighted by Crippen LogP contribution is -2.31. The van der Waals surface area contributed by atoms with Gasteiger partial charge >= 0.3 is 5.97 Å². The minimum Gasteiger partial charge on any atom is -0.480 e. The van der Waals surface area contributed by atoms with E-state index < -0.39 is 10.9 Å². The standard InChI is InChI=1S/C14H13N3O4/c18-13(19)8-16(9-3-4-9)11-5-6-12(17(20)21)14-10(11)2-1-7-15-14/h1-2,5-7,9H,3-4,8H2,(H,18,19). The first kappa shape index (κ1) is 13.3. The predicted molar refractivity (Wildman–Crippen MR) is 76.4 cm³/mol. The third-order valence-corrected chi connectivity index (χ3v) is 3.52. The number of nitrogens with zero attached hydrogens (tertiary/aromatic N) is 3. The van der Waals surface area contributed by atoms with Crippen LogP contribution in [0.4, 0.5) is 11.4 Å². The van der Waals surface area contributed by atoms with Crippen molar-refractivity contribution >= 4 is 28.2 Å². The summed E-state index contributed by atoms with van der Waals surface area (Å²) in [6.07, 6.45) is 3.37. The Morgan fingerprint density at radius 3 is 2.81 bits per heavy atom. The highest BCUT2D eigenvalue weighted by molar-refractivity contribution is 5.98. The van der Waals surface area contributed by atoms with Crippen molar-refractivity contribution in [1.29, 1.82) is 0 Å². The van der Waals surface area contributed by atoms with Crippen LogP contribution in [0.15, 0.2) is 30.5 Å². The summed E-state index contributed by atoms with van der Waals surface area (Å²) >= 11 is 0. The summed E-state index contributed by atoms with van der Waals surface area (Å²) in [7, 11) is 0. The van der Waals surface area contributed by atoms with Crippen molar-refractivity contribution in [2.75, 3.05) is 11.4 Å². The van der Waals surface area contributed by atoms with Gasteiger partial charge in [-0.3, -0.25) is 14.9 Å². The minimum absolute atomic E-state index is 0.0691. The smallest absolute Gasteiger partial charge is 0.323 e. The van der Waals surface area contributed by atoms with Crippen molar-refractivity contribution in [3.8, 4) is 0 Å². The van der Waals surface area contributed by atoms with Gasteiger partial charge in [-0.15, -0.1) is 0 Å². The average molecular weight is 287 g/mol. The molecule has 1 aromatic heterocycles. The molecule has 7 heteroatoms. The maximum atomic E-state index is 11.1. The van der Waals surface area contributed by atoms with E-state index in [0.29, 0.717) is 11.1 Å². The number of pyridine rings is 1. The van der Waals surface area contributed by atoms with Crippen molar-refractivity contribution in [1.82, 2.24) is 4.98 Å². The lowest BCUT2D eigenvalue weighted by molar-refractivity contribution is -0.383. The highest BCUT2D eigenvalue weighted by Gasteiger charge is 2.32. The first-order valence-electron chi connectivity index (χ1n) is 6.58. The Labute approximate surface area is 120 Å². The number of fused-ring (bicyclic) bond motifs is 1. The number of aromatic nitrogens is 1. The number of carboxylic acids is 1. The summed E-state index contributed by atoms with van der Waals surface area (Å²) < 4.78 is 0. The summed E-state index contributed by atoms with van der Waals surface area (Å²) in [4.78, 5) is 27.5. The summed E-state index contributed by atoms with van der Waals surface area (Å²) in [5.41, 5.74) is 0.907. The molecule has 1 aromatic carbocycles. The number of rotatable bonds is 5. The number of nitro groups is 1. The third-order valence-electron chi connectivity index (χ3n) is 3.52. The second-order valence-corrected chi connectivity index (χ2v) is 5.01. The molecule has 0 unspecified atom stereocenters. The SMILES string of the molecule is O=C(O)CN(c1ccc([N+](=O)[O-])c2ncccc12)C1CC1. The second-order valence-electron chi connectivity index (χ2n) is 5.01. The number of hydrogen-bond donors (Lipinski definition) is 1. The number of nitro benzene ring substituents is 1. The molecule has 0 radical (unpaired) electrons. The molecule has 1 N–H and O–H groups in total. The number of carbonyl (C=O) groups is 1. The maximum absolute atomic E-state index is 11.1. The Kier molecular flexibility index (Phi) is 3.17. The first-order valence-corrected chi connectivity index (χ1v) is 6.58. The average Bonchev–Trinajstić information content (AvgIpc) is 3.28. The molecule has 0 bridgehead atoms. The molecule has 0 spiro atoms. The molecule has 0 aliphatic heterocycles. The van der Waals surface area contributed by atoms with Gasteiger partial charge in [0.25, 0.3) is 5.69 Å². The van der Waals surface area contributed by atoms with Crippen LogP contribution in [0.1, 0.15) is 12.8 Å². The molecular formula is C14H13N3O4. The van der Waals surface area contributed by atoms with E-state index in [2.05, 4.69) is 4.98 Å². The van der Waals surface area contributed by atoms with Gasteiger partial charge in [-0.2, -0.15) is 0 Å². The van der Waals surface area contributed by atoms with Gasteiger partial charge in [-0.1, -0.05) is 0 Å². The van der Waals surface area contributed by atoms with Crippen molar-refractivity contribution in [3.05, 3.63) is 40.6 Å². The summed E-state index contributed by atoms with van der Waals surface area (Å²) in [5, 5.41) is 20.8. The zero-order valence-electron chi connectivity index (χ0n) is 11.1. The molecule has 0 amide bonds. The topological polar surface area (TPSA) is 96.6 Å². The summed E-state index contributed by atoms with van der Waals surface area (Å²) in [6.45, 7) is -0.119. The summed E-state index contributed by atoms with van der Waals surface area (Å²) in [6, 6.07) is 6.63. The van der Waals surface area contributed by atoms with E-state index in [4.69, 9.17) is 5.11 Å². The fraction of sp³-hybridized carbons (Fsp3) is 0.286. The zero-order chi connectivity index (χ0) is 15.0. The van der Waals surface area contributed by atoms with Gasteiger partial charge in [0.05, 0.1) is 4.92 Å². The molecule has 1 fully saturated rings. The van der Waals surface area contributed by atoms with E-state index in [-0.39, 0.29) is 23.8 Å². The maximum Gasteiger partial charge on any atom is 0.323 e. The van der Waals surface area contributed by atoms with Crippen LogP contribution in [0.3, 0.4) is 0 Å². The lowest BCUT2D eigenvalue weighted by Gasteiger charge is -2.23. The highest BCUT2D eigenvalue weighted by atomic mass is 16.6. The first-order chi connectivity index (χ1) is 10.1. The molecule has 1 heterocycles. The van der Waals surface area contributed by atoms with Crippen LogP contribution in [-0.2, 0) is 4.79 Å². The molecule has 0 saturated heterocycles. The van der Waals surface area contributed by atoms with Crippen molar-refractivity contribution in [2.24, 2.45) is 0 Å². The van der Waals surface area contributed by atoms with Gasteiger partial charge in [0.1, 0.15) is 12.1 Å². The van der Waals surface area contributed by atoms with Gasteiger partial charge < -0.3 is 10.0 Å². The quantitative estimate of drug-likeness (QED) is 0.669. The van der Waals surface area contributed by atoms with Crippen LogP contribution in [0.25, 0.3) is 10.9 Å². The number of non-ortho nitro benzene ring substituents is 1. The van der Waals surface area contributed by atoms with Gasteiger partial charge in [0.2, 0.25) is 0 Å². The number of hydrogen-bond acceptors (Lipinski definition) is 5. The van der Waals surface area contributed by atoms with Crippen LogP contribution in [0, 0.1) is 10.1 Å². The van der Waals surface area contributed by atoms with Crippen LogP contribution in [0.5, 0.6) is 0 Å². The fourth-order valence-corrected chi connectivity index (χ4v) is 2.48. The number of carboxylic acid groups (broad SMARTS) is 1. The van der Waals surface area contributed by atoms with Crippen LogP contribution in [-0.4, -0.2) is 33.6 Å². The van der Waals surface area contributed by atoms with Crippen molar-refractivity contribution in [3.63, 3.8) is 0 Å². The molecule has 1 aliphatic carbocycles. The molecule has 3 rings (SSSR count). The lowest BCUT2D eigenvalue weighted by atomic mass is 10.1. The normalized spacial score (nSPS) is 14.1. The van der Waals surface area contributed by atoms with Gasteiger partial charge in [0, 0.05) is 29.4 Å². The Balaban J connectivity index is 2.16. The Morgan fingerprint density at radius 2 is 2.19 bits per heavy atom. The van der Waals surface area contributed by atoms with Crippen LogP contribution in [0.2, 0.25) is 0 Å². The Morgan fingerprint density at radius 1 is 1.43 bits per heavy atom. The molecular weight excluding hydrogens is 274 g/mol. The van der Waals surface area contributed by atoms with Gasteiger partial charge in [0.15, 0.2) is 0 Å². The highest BCUT2D eigenvalue weighted by Crippen LogP contribution is 2.37. The van der Waals surface area contributed by atoms with E-state index >= 15 is 0 Å². The predicted octanol–water partition coefficient (Wildman–Crippen LogP) is 2.20. The van der Waals surface area contributed by atoms with E-state index in [9.17, 15) is 14.9 Å². The molecule has 108 valence electrons. The monoisotopic (exact) mass is 287 g/mol. The minimum atomic E-state index is -0.919. The third kappa shape index (κ3) is 2.49. The largest absolute Gasteiger partial charge is 0.480 e. The van der Waals surface area contributed by atoms with E-state index in [1.807, 2.05) is 0 Å². The number of benzene rings is 1. The molecule has 21 heavy (non-hydrogen) atoms. The van der Waals surface area contributed by atoms with E-state index in [1.54, 1.807) is 23.1 Å². The fourth-order valence-electron chi connectivity index (χ4n) is 2.48. The molecule has 7 nitrogen and oxygen atoms in total. The Hall–Kier alpha value is -2.70. The second kappa shape index (κ2) is 5.01. The number of anilines is 1. The van der Waals surface area contributed by atoms with Crippen molar-refractivity contribution in [2.45, 2.75) is 18.9 Å². The molecule has 0 atom stereocenters. The van der Waals surface area contributed by atoms with E-state index in [0.717, 1.165) is 12.8 Å². The molecule has 2 aromatic rings. The van der Waals surface area contributed by atoms with Crippen LogP contribution < -0.4 is 4.90 Å². The summed E-state index contributed by atoms with van der Waals surface area (Å²) in [5.74, 6) is -0.919. The van der Waals surface area contributed by atoms with Crippen LogP contribution >= 0.6 is 0 Å². The van der Waals surface area contributed by atoms with Crippen molar-refractivity contribution < 1.29 is 14.8 Å².